The van der Waals surface area contributed by atoms with Crippen LogP contribution < -0.4 is 9.64 Å². The molecule has 1 fully saturated rings. The van der Waals surface area contributed by atoms with Gasteiger partial charge in [-0.15, -0.1) is 0 Å². The van der Waals surface area contributed by atoms with Crippen LogP contribution in [0.4, 0.5) is 11.4 Å². The lowest BCUT2D eigenvalue weighted by Crippen LogP contribution is -2.50. The van der Waals surface area contributed by atoms with Crippen LogP contribution in [0.25, 0.3) is 0 Å². The second-order valence-electron chi connectivity index (χ2n) is 8.49. The quantitative estimate of drug-likeness (QED) is 0.226. The van der Waals surface area contributed by atoms with Gasteiger partial charge in [-0.2, -0.15) is 0 Å². The first-order valence-electron chi connectivity index (χ1n) is 10.5. The van der Waals surface area contributed by atoms with Crippen molar-refractivity contribution in [2.45, 2.75) is 10.2 Å². The van der Waals surface area contributed by atoms with Gasteiger partial charge in [-0.1, -0.05) is 64.5 Å². The lowest BCUT2D eigenvalue weighted by Gasteiger charge is -2.51. The van der Waals surface area contributed by atoms with Gasteiger partial charge < -0.3 is 4.74 Å². The summed E-state index contributed by atoms with van der Waals surface area (Å²) in [5.41, 5.74) is 3.86. The Bertz CT molecular complexity index is 1340. The van der Waals surface area contributed by atoms with Crippen LogP contribution in [0.5, 0.6) is 5.75 Å². The molecule has 0 aromatic heterocycles. The van der Waals surface area contributed by atoms with E-state index in [9.17, 15) is 19.7 Å². The number of hydrogen-bond acceptors (Lipinski definition) is 5. The number of anilines is 1. The number of rotatable bonds is 3. The Labute approximate surface area is 197 Å². The summed E-state index contributed by atoms with van der Waals surface area (Å²) in [6, 6.07) is 19.7. The number of carbonyl (C=O) groups excluding carboxylic acids is 2. The largest absolute Gasteiger partial charge is 0.495 e. The van der Waals surface area contributed by atoms with Crippen LogP contribution in [0.3, 0.4) is 0 Å². The predicted molar refractivity (Wildman–Crippen MR) is 124 cm³/mol. The summed E-state index contributed by atoms with van der Waals surface area (Å²) >= 11 is 3.94. The van der Waals surface area contributed by atoms with E-state index in [-0.39, 0.29) is 28.9 Å². The molecule has 1 heterocycles. The van der Waals surface area contributed by atoms with E-state index in [1.165, 1.54) is 25.3 Å². The highest BCUT2D eigenvalue weighted by Crippen LogP contribution is 2.66. The van der Waals surface area contributed by atoms with Gasteiger partial charge in [0.2, 0.25) is 11.8 Å². The third-order valence-corrected chi connectivity index (χ3v) is 8.48. The molecule has 3 aromatic rings. The number of nitrogens with zero attached hydrogens (tertiary/aromatic N) is 2. The first kappa shape index (κ1) is 20.1. The summed E-state index contributed by atoms with van der Waals surface area (Å²) in [5, 5.41) is 11.4. The number of hydrogen-bond donors (Lipinski definition) is 0. The molecule has 0 unspecified atom stereocenters. The number of nitro groups is 1. The molecule has 0 radical (unpaired) electrons. The molecule has 3 aliphatic carbocycles. The van der Waals surface area contributed by atoms with Gasteiger partial charge in [0.05, 0.1) is 28.2 Å². The van der Waals surface area contributed by atoms with Crippen molar-refractivity contribution in [2.24, 2.45) is 11.8 Å². The van der Waals surface area contributed by atoms with E-state index < -0.39 is 27.0 Å². The fourth-order valence-corrected chi connectivity index (χ4v) is 7.09. The molecule has 2 bridgehead atoms. The molecule has 0 saturated carbocycles. The van der Waals surface area contributed by atoms with Crippen molar-refractivity contribution in [3.05, 3.63) is 99.1 Å². The SMILES string of the molecule is COc1ccc([N+](=O)[O-])cc1N1C(=O)[C@@H]2C3c4ccccc4C(Br)(c4ccccc43)[C@@H]2C1=O. The first-order valence-corrected chi connectivity index (χ1v) is 11.3. The number of nitro benzene ring substituents is 1. The first-order chi connectivity index (χ1) is 15.9. The van der Waals surface area contributed by atoms with Gasteiger partial charge in [0.25, 0.3) is 5.69 Å². The zero-order chi connectivity index (χ0) is 23.1. The fourth-order valence-electron chi connectivity index (χ4n) is 5.88. The third kappa shape index (κ3) is 2.39. The minimum Gasteiger partial charge on any atom is -0.495 e. The fraction of sp³-hybridized carbons (Fsp3) is 0.200. The van der Waals surface area contributed by atoms with Gasteiger partial charge in [-0.05, 0) is 28.3 Å². The van der Waals surface area contributed by atoms with E-state index in [2.05, 4.69) is 15.9 Å². The molecule has 2 atom stereocenters. The molecule has 4 aliphatic rings. The van der Waals surface area contributed by atoms with Crippen LogP contribution in [0.2, 0.25) is 0 Å². The van der Waals surface area contributed by atoms with Gasteiger partial charge in [-0.25, -0.2) is 4.90 Å². The lowest BCUT2D eigenvalue weighted by molar-refractivity contribution is -0.384. The summed E-state index contributed by atoms with van der Waals surface area (Å²) < 4.78 is 4.50. The number of amides is 2. The highest BCUT2D eigenvalue weighted by Gasteiger charge is 2.67. The molecule has 1 saturated heterocycles. The molecular weight excluding hydrogens is 488 g/mol. The second kappa shape index (κ2) is 6.74. The highest BCUT2D eigenvalue weighted by molar-refractivity contribution is 9.09. The maximum absolute atomic E-state index is 14.0. The Hall–Kier alpha value is -3.52. The Morgan fingerprint density at radius 3 is 2.15 bits per heavy atom. The summed E-state index contributed by atoms with van der Waals surface area (Å²) in [6.45, 7) is 0. The maximum atomic E-state index is 14.0. The molecule has 1 aliphatic heterocycles. The van der Waals surface area contributed by atoms with Crippen molar-refractivity contribution in [2.75, 3.05) is 12.0 Å². The summed E-state index contributed by atoms with van der Waals surface area (Å²) in [7, 11) is 1.41. The number of alkyl halides is 1. The summed E-state index contributed by atoms with van der Waals surface area (Å²) in [6.07, 6.45) is 0. The van der Waals surface area contributed by atoms with Gasteiger partial charge >= 0.3 is 0 Å². The van der Waals surface area contributed by atoms with E-state index in [1.807, 2.05) is 48.5 Å². The highest BCUT2D eigenvalue weighted by atomic mass is 79.9. The molecule has 7 nitrogen and oxygen atoms in total. The van der Waals surface area contributed by atoms with Crippen molar-refractivity contribution in [1.29, 1.82) is 0 Å². The number of methoxy groups -OCH3 is 1. The van der Waals surface area contributed by atoms with Crippen LogP contribution >= 0.6 is 15.9 Å². The van der Waals surface area contributed by atoms with Crippen LogP contribution in [0.15, 0.2) is 66.7 Å². The number of non-ortho nitro benzene ring substituents is 1. The molecule has 8 heteroatoms. The van der Waals surface area contributed by atoms with Crippen molar-refractivity contribution in [1.82, 2.24) is 0 Å². The van der Waals surface area contributed by atoms with Crippen LogP contribution in [-0.2, 0) is 13.9 Å². The molecular formula is C25H17BrN2O5. The van der Waals surface area contributed by atoms with Gasteiger partial charge in [0.15, 0.2) is 0 Å². The monoisotopic (exact) mass is 504 g/mol. The number of halogens is 1. The zero-order valence-corrected chi connectivity index (χ0v) is 19.0. The molecule has 0 N–H and O–H groups in total. The maximum Gasteiger partial charge on any atom is 0.271 e. The number of imide groups is 1. The zero-order valence-electron chi connectivity index (χ0n) is 17.4. The average molecular weight is 505 g/mol. The minimum atomic E-state index is -0.880. The van der Waals surface area contributed by atoms with Crippen molar-refractivity contribution in [3.8, 4) is 5.75 Å². The van der Waals surface area contributed by atoms with Crippen LogP contribution in [-0.4, -0.2) is 23.8 Å². The summed E-state index contributed by atoms with van der Waals surface area (Å²) in [5.74, 6) is -2.15. The molecule has 164 valence electrons. The van der Waals surface area contributed by atoms with Gasteiger partial charge in [0, 0.05) is 18.1 Å². The molecule has 7 rings (SSSR count). The van der Waals surface area contributed by atoms with E-state index in [0.717, 1.165) is 27.2 Å². The van der Waals surface area contributed by atoms with Gasteiger partial charge in [0.1, 0.15) is 11.4 Å². The molecule has 2 amide bonds. The second-order valence-corrected chi connectivity index (χ2v) is 9.74. The third-order valence-electron chi connectivity index (χ3n) is 7.13. The van der Waals surface area contributed by atoms with Crippen molar-refractivity contribution in [3.63, 3.8) is 0 Å². The van der Waals surface area contributed by atoms with Crippen molar-refractivity contribution >= 4 is 39.1 Å². The standard InChI is InChI=1S/C25H17BrN2O5/c1-33-19-11-10-13(28(31)32)12-18(19)27-23(29)21-20-14-6-2-4-8-16(14)25(26,22(21)24(27)30)17-9-5-3-7-15(17)20/h2-12,20-22H,1H3/t20?,21-,22+,25?/m1/s1. The Balaban J connectivity index is 1.59. The predicted octanol–water partition coefficient (Wildman–Crippen LogP) is 4.51. The van der Waals surface area contributed by atoms with Crippen molar-refractivity contribution < 1.29 is 19.2 Å². The van der Waals surface area contributed by atoms with Crippen LogP contribution in [0, 0.1) is 22.0 Å². The minimum absolute atomic E-state index is 0.0970. The molecule has 33 heavy (non-hydrogen) atoms. The number of carbonyl (C=O) groups is 2. The lowest BCUT2D eigenvalue weighted by atomic mass is 9.55. The smallest absolute Gasteiger partial charge is 0.271 e. The average Bonchev–Trinajstić information content (AvgIpc) is 3.10. The van der Waals surface area contributed by atoms with E-state index in [4.69, 9.17) is 4.74 Å². The number of benzene rings is 3. The molecule has 0 spiro atoms. The van der Waals surface area contributed by atoms with Gasteiger partial charge in [-0.3, -0.25) is 19.7 Å². The summed E-state index contributed by atoms with van der Waals surface area (Å²) in [4.78, 5) is 39.8. The number of ether oxygens (including phenoxy) is 1. The van der Waals surface area contributed by atoms with E-state index in [0.29, 0.717) is 0 Å². The topological polar surface area (TPSA) is 89.8 Å². The normalized spacial score (nSPS) is 26.6. The van der Waals surface area contributed by atoms with E-state index in [1.54, 1.807) is 0 Å². The van der Waals surface area contributed by atoms with E-state index >= 15 is 0 Å². The Kier molecular flexibility index (Phi) is 4.11. The Morgan fingerprint density at radius 2 is 1.58 bits per heavy atom. The Morgan fingerprint density at radius 1 is 0.970 bits per heavy atom. The van der Waals surface area contributed by atoms with Crippen LogP contribution in [0.1, 0.15) is 28.2 Å². The molecule has 3 aromatic carbocycles.